The average molecular weight is 631 g/mol. The second-order valence-corrected chi connectivity index (χ2v) is 11.6. The molecule has 0 spiro atoms. The molecule has 2 aromatic carbocycles. The number of aliphatic carboxylic acids is 1. The number of fused-ring (bicyclic) bond motifs is 1. The van der Waals surface area contributed by atoms with Gasteiger partial charge in [0.15, 0.2) is 5.54 Å². The standard InChI is InChI=1S/C28H30N4O11S/c1-39-16-6-8-20-18(11-16)28(31-14-15(33)10-21(31)25(34)35,19-13-29-27(43-5)30-24(19)42-4)26(36)32(20)44(37,38)23-9-7-17(40-2)12-22(23)41-3/h6-9,11-13,15,21,33H,10,14H2,1-5H3,(H,34,35)/t15-,21+,28?/m1/s1. The van der Waals surface area contributed by atoms with Gasteiger partial charge in [-0.05, 0) is 30.3 Å². The number of β-amino-alcohol motifs (C(OH)–C–C–N with tert-alkyl or cyclic N) is 1. The molecule has 5 rings (SSSR count). The van der Waals surface area contributed by atoms with Crippen LogP contribution in [0.1, 0.15) is 17.5 Å². The first-order valence-electron chi connectivity index (χ1n) is 13.1. The molecule has 44 heavy (non-hydrogen) atoms. The Balaban J connectivity index is 1.89. The highest BCUT2D eigenvalue weighted by Crippen LogP contribution is 2.55. The van der Waals surface area contributed by atoms with Gasteiger partial charge in [0.1, 0.15) is 28.2 Å². The minimum atomic E-state index is -4.76. The molecule has 1 fully saturated rings. The van der Waals surface area contributed by atoms with E-state index in [0.717, 1.165) is 0 Å². The van der Waals surface area contributed by atoms with Crippen molar-refractivity contribution in [3.05, 3.63) is 53.7 Å². The number of aliphatic hydroxyl groups is 1. The van der Waals surface area contributed by atoms with E-state index >= 15 is 4.79 Å². The number of carbonyl (C=O) groups excluding carboxylic acids is 1. The van der Waals surface area contributed by atoms with Crippen LogP contribution in [0.3, 0.4) is 0 Å². The number of aliphatic hydroxyl groups excluding tert-OH is 1. The van der Waals surface area contributed by atoms with Crippen LogP contribution in [-0.2, 0) is 25.2 Å². The second kappa shape index (κ2) is 11.4. The SMILES string of the molecule is COc1ccc(S(=O)(=O)N2C(=O)C(c3cnc(OC)nc3OC)(N3C[C@H](O)C[C@H]3C(=O)O)c3cc(OC)ccc32)c(OC)c1. The quantitative estimate of drug-likeness (QED) is 0.323. The predicted octanol–water partition coefficient (Wildman–Crippen LogP) is 1.02. The van der Waals surface area contributed by atoms with E-state index in [1.807, 2.05) is 0 Å². The number of methoxy groups -OCH3 is 5. The molecule has 1 amide bonds. The maximum Gasteiger partial charge on any atom is 0.321 e. The van der Waals surface area contributed by atoms with Crippen molar-refractivity contribution < 1.29 is 51.9 Å². The number of carbonyl (C=O) groups is 2. The summed E-state index contributed by atoms with van der Waals surface area (Å²) in [4.78, 5) is 36.9. The number of amides is 1. The minimum absolute atomic E-state index is 0.0327. The maximum atomic E-state index is 15.1. The van der Waals surface area contributed by atoms with Crippen LogP contribution in [0.4, 0.5) is 5.69 Å². The lowest BCUT2D eigenvalue weighted by molar-refractivity contribution is -0.145. The third-order valence-electron chi connectivity index (χ3n) is 7.69. The summed E-state index contributed by atoms with van der Waals surface area (Å²) in [5.74, 6) is -2.18. The molecule has 16 heteroatoms. The Bertz CT molecular complexity index is 1730. The fourth-order valence-electron chi connectivity index (χ4n) is 5.77. The lowest BCUT2D eigenvalue weighted by atomic mass is 9.82. The van der Waals surface area contributed by atoms with Crippen molar-refractivity contribution in [1.29, 1.82) is 0 Å². The van der Waals surface area contributed by atoms with Crippen LogP contribution in [0.15, 0.2) is 47.5 Å². The first kappa shape index (κ1) is 30.8. The molecule has 2 N–H and O–H groups in total. The first-order valence-corrected chi connectivity index (χ1v) is 14.6. The zero-order chi connectivity index (χ0) is 32.0. The Labute approximate surface area is 252 Å². The summed E-state index contributed by atoms with van der Waals surface area (Å²) in [6.45, 7) is -0.325. The number of sulfonamides is 1. The molecule has 3 aromatic rings. The number of aromatic nitrogens is 2. The van der Waals surface area contributed by atoms with Gasteiger partial charge in [0.05, 0.1) is 52.9 Å². The van der Waals surface area contributed by atoms with Crippen LogP contribution in [0.25, 0.3) is 0 Å². The van der Waals surface area contributed by atoms with Crippen LogP contribution in [0.5, 0.6) is 29.1 Å². The molecule has 1 unspecified atom stereocenters. The number of hydrogen-bond donors (Lipinski definition) is 2. The molecule has 15 nitrogen and oxygen atoms in total. The highest BCUT2D eigenvalue weighted by Gasteiger charge is 2.64. The molecular formula is C28H30N4O11S. The number of anilines is 1. The van der Waals surface area contributed by atoms with Gasteiger partial charge in [-0.2, -0.15) is 4.98 Å². The van der Waals surface area contributed by atoms with Gasteiger partial charge in [0.2, 0.25) is 5.88 Å². The van der Waals surface area contributed by atoms with Gasteiger partial charge in [-0.3, -0.25) is 14.5 Å². The molecule has 2 aliphatic heterocycles. The minimum Gasteiger partial charge on any atom is -0.497 e. The number of carboxylic acid groups (broad SMARTS) is 1. The molecule has 3 heterocycles. The average Bonchev–Trinajstić information content (AvgIpc) is 3.55. The Morgan fingerprint density at radius 1 is 0.955 bits per heavy atom. The normalized spacial score (nSPS) is 21.6. The van der Waals surface area contributed by atoms with E-state index in [1.54, 1.807) is 0 Å². The van der Waals surface area contributed by atoms with E-state index in [1.165, 1.54) is 83.0 Å². The van der Waals surface area contributed by atoms with Crippen molar-refractivity contribution in [3.8, 4) is 29.1 Å². The highest BCUT2D eigenvalue weighted by atomic mass is 32.2. The lowest BCUT2D eigenvalue weighted by Gasteiger charge is -2.40. The number of ether oxygens (including phenoxy) is 5. The third kappa shape index (κ3) is 4.53. The van der Waals surface area contributed by atoms with E-state index in [9.17, 15) is 23.4 Å². The molecular weight excluding hydrogens is 600 g/mol. The molecule has 2 aliphatic rings. The molecule has 1 saturated heterocycles. The lowest BCUT2D eigenvalue weighted by Crippen LogP contribution is -2.58. The molecule has 234 valence electrons. The van der Waals surface area contributed by atoms with Crippen molar-refractivity contribution in [3.63, 3.8) is 0 Å². The fourth-order valence-corrected chi connectivity index (χ4v) is 7.37. The summed E-state index contributed by atoms with van der Waals surface area (Å²) in [5.41, 5.74) is -2.39. The zero-order valence-electron chi connectivity index (χ0n) is 24.4. The van der Waals surface area contributed by atoms with E-state index in [-0.39, 0.29) is 58.1 Å². The van der Waals surface area contributed by atoms with Crippen LogP contribution in [-0.4, -0.2) is 99.6 Å². The molecule has 0 radical (unpaired) electrons. The van der Waals surface area contributed by atoms with Gasteiger partial charge in [-0.1, -0.05) is 0 Å². The Kier molecular flexibility index (Phi) is 8.00. The van der Waals surface area contributed by atoms with Crippen molar-refractivity contribution in [1.82, 2.24) is 14.9 Å². The van der Waals surface area contributed by atoms with Crippen molar-refractivity contribution in [2.24, 2.45) is 0 Å². The van der Waals surface area contributed by atoms with Crippen LogP contribution in [0, 0.1) is 0 Å². The molecule has 0 saturated carbocycles. The molecule has 1 aromatic heterocycles. The third-order valence-corrected chi connectivity index (χ3v) is 9.42. The number of hydrogen-bond acceptors (Lipinski definition) is 13. The maximum absolute atomic E-state index is 15.1. The topological polar surface area (TPSA) is 187 Å². The Morgan fingerprint density at radius 2 is 1.64 bits per heavy atom. The Hall–Kier alpha value is -4.67. The van der Waals surface area contributed by atoms with Gasteiger partial charge >= 0.3 is 12.0 Å². The van der Waals surface area contributed by atoms with Gasteiger partial charge in [-0.15, -0.1) is 0 Å². The largest absolute Gasteiger partial charge is 0.497 e. The number of carboxylic acids is 1. The van der Waals surface area contributed by atoms with Crippen LogP contribution < -0.4 is 28.0 Å². The second-order valence-electron chi connectivity index (χ2n) is 9.86. The van der Waals surface area contributed by atoms with Gasteiger partial charge in [0.25, 0.3) is 15.9 Å². The smallest absolute Gasteiger partial charge is 0.321 e. The van der Waals surface area contributed by atoms with Crippen LogP contribution >= 0.6 is 0 Å². The van der Waals surface area contributed by atoms with E-state index in [2.05, 4.69) is 9.97 Å². The number of benzene rings is 2. The summed E-state index contributed by atoms with van der Waals surface area (Å²) in [5, 5.41) is 21.0. The van der Waals surface area contributed by atoms with Gasteiger partial charge in [-0.25, -0.2) is 17.7 Å². The van der Waals surface area contributed by atoms with E-state index < -0.39 is 39.6 Å². The molecule has 0 aliphatic carbocycles. The highest BCUT2D eigenvalue weighted by molar-refractivity contribution is 7.93. The van der Waals surface area contributed by atoms with Crippen molar-refractivity contribution >= 4 is 27.6 Å². The number of nitrogens with zero attached hydrogens (tertiary/aromatic N) is 4. The monoisotopic (exact) mass is 630 g/mol. The number of rotatable bonds is 10. The summed E-state index contributed by atoms with van der Waals surface area (Å²) < 4.78 is 56.3. The Morgan fingerprint density at radius 3 is 2.25 bits per heavy atom. The van der Waals surface area contributed by atoms with Gasteiger partial charge < -0.3 is 33.9 Å². The van der Waals surface area contributed by atoms with E-state index in [4.69, 9.17) is 23.7 Å². The van der Waals surface area contributed by atoms with Crippen molar-refractivity contribution in [2.75, 3.05) is 46.4 Å². The summed E-state index contributed by atoms with van der Waals surface area (Å²) in [6, 6.07) is 6.70. The summed E-state index contributed by atoms with van der Waals surface area (Å²) in [6.07, 6.45) is -0.214. The van der Waals surface area contributed by atoms with Crippen LogP contribution in [0.2, 0.25) is 0 Å². The summed E-state index contributed by atoms with van der Waals surface area (Å²) >= 11 is 0. The summed E-state index contributed by atoms with van der Waals surface area (Å²) in [7, 11) is 1.88. The zero-order valence-corrected chi connectivity index (χ0v) is 25.2. The number of likely N-dealkylation sites (tertiary alicyclic amines) is 1. The van der Waals surface area contributed by atoms with Gasteiger partial charge in [0, 0.05) is 30.8 Å². The fraction of sp³-hybridized carbons (Fsp3) is 0.357. The predicted molar refractivity (Wildman–Crippen MR) is 152 cm³/mol. The first-order chi connectivity index (χ1) is 21.0. The molecule has 0 bridgehead atoms. The van der Waals surface area contributed by atoms with Crippen molar-refractivity contribution in [2.45, 2.75) is 29.0 Å². The molecule has 3 atom stereocenters. The van der Waals surface area contributed by atoms with E-state index in [0.29, 0.717) is 10.1 Å².